The van der Waals surface area contributed by atoms with E-state index in [0.29, 0.717) is 16.3 Å². The highest BCUT2D eigenvalue weighted by molar-refractivity contribution is 7.92. The maximum Gasteiger partial charge on any atom is 0.322 e. The first kappa shape index (κ1) is 22.8. The molecule has 0 aliphatic carbocycles. The zero-order valence-electron chi connectivity index (χ0n) is 17.4. The normalized spacial score (nSPS) is 12.1. The fourth-order valence-electron chi connectivity index (χ4n) is 2.54. The lowest BCUT2D eigenvalue weighted by Crippen LogP contribution is -2.42. The van der Waals surface area contributed by atoms with Crippen LogP contribution in [0.2, 0.25) is 5.02 Å². The maximum atomic E-state index is 12.6. The second kappa shape index (κ2) is 8.68. The molecule has 2 aromatic carbocycles. The van der Waals surface area contributed by atoms with Gasteiger partial charge in [-0.05, 0) is 76.2 Å². The molecule has 1 N–H and O–H groups in total. The van der Waals surface area contributed by atoms with Crippen LogP contribution in [0.15, 0.2) is 57.8 Å². The second-order valence-corrected chi connectivity index (χ2v) is 10.5. The summed E-state index contributed by atoms with van der Waals surface area (Å²) in [5, 5.41) is 10.3. The van der Waals surface area contributed by atoms with Gasteiger partial charge >= 0.3 is 6.01 Å². The molecule has 0 atom stereocenters. The van der Waals surface area contributed by atoms with Crippen molar-refractivity contribution in [2.24, 2.45) is 0 Å². The van der Waals surface area contributed by atoms with Gasteiger partial charge < -0.3 is 9.15 Å². The average molecular weight is 464 g/mol. The lowest BCUT2D eigenvalue weighted by atomic mass is 10.1. The van der Waals surface area contributed by atoms with Gasteiger partial charge in [0.05, 0.1) is 10.1 Å². The van der Waals surface area contributed by atoms with Gasteiger partial charge in [-0.25, -0.2) is 8.42 Å². The Morgan fingerprint density at radius 1 is 1.06 bits per heavy atom. The van der Waals surface area contributed by atoms with E-state index in [1.807, 2.05) is 0 Å². The van der Waals surface area contributed by atoms with Crippen LogP contribution in [0, 0.1) is 0 Å². The summed E-state index contributed by atoms with van der Waals surface area (Å²) in [6.07, 6.45) is 0. The summed E-state index contributed by atoms with van der Waals surface area (Å²) in [6.45, 7) is 6.44. The minimum absolute atomic E-state index is 0.105. The number of ether oxygens (including phenoxy) is 1. The van der Waals surface area contributed by atoms with E-state index in [2.05, 4.69) is 15.5 Å². The third-order valence-electron chi connectivity index (χ3n) is 4.43. The van der Waals surface area contributed by atoms with E-state index < -0.39 is 26.6 Å². The minimum atomic E-state index is -3.38. The number of benzene rings is 2. The first-order valence-corrected chi connectivity index (χ1v) is 11.4. The molecular formula is C21H22ClN3O5S. The zero-order chi connectivity index (χ0) is 22.8. The molecule has 3 rings (SSSR count). The van der Waals surface area contributed by atoms with Crippen LogP contribution in [0.1, 0.15) is 27.7 Å². The van der Waals surface area contributed by atoms with Crippen LogP contribution in [0.3, 0.4) is 0 Å². The number of carbonyl (C=O) groups excluding carboxylic acids is 1. The van der Waals surface area contributed by atoms with Crippen LogP contribution < -0.4 is 10.1 Å². The minimum Gasteiger partial charge on any atom is -0.478 e. The molecule has 1 heterocycles. The van der Waals surface area contributed by atoms with E-state index >= 15 is 0 Å². The van der Waals surface area contributed by atoms with E-state index in [1.54, 1.807) is 64.1 Å². The van der Waals surface area contributed by atoms with Crippen molar-refractivity contribution in [1.29, 1.82) is 0 Å². The smallest absolute Gasteiger partial charge is 0.322 e. The zero-order valence-corrected chi connectivity index (χ0v) is 19.0. The maximum absolute atomic E-state index is 12.6. The molecule has 164 valence electrons. The Morgan fingerprint density at radius 2 is 1.68 bits per heavy atom. The molecule has 10 heteroatoms. The number of hydrogen-bond donors (Lipinski definition) is 1. The van der Waals surface area contributed by atoms with Crippen molar-refractivity contribution in [1.82, 2.24) is 10.2 Å². The van der Waals surface area contributed by atoms with E-state index in [4.69, 9.17) is 20.8 Å². The third kappa shape index (κ3) is 5.23. The van der Waals surface area contributed by atoms with Gasteiger partial charge in [-0.3, -0.25) is 10.1 Å². The van der Waals surface area contributed by atoms with E-state index in [9.17, 15) is 13.2 Å². The monoisotopic (exact) mass is 463 g/mol. The summed E-state index contributed by atoms with van der Waals surface area (Å²) in [6, 6.07) is 12.6. The summed E-state index contributed by atoms with van der Waals surface area (Å²) < 4.78 is 35.7. The van der Waals surface area contributed by atoms with Crippen LogP contribution >= 0.6 is 11.6 Å². The predicted octanol–water partition coefficient (Wildman–Crippen LogP) is 4.37. The van der Waals surface area contributed by atoms with E-state index in [0.717, 1.165) is 0 Å². The number of carbonyl (C=O) groups is 1. The third-order valence-corrected chi connectivity index (χ3v) is 6.85. The molecule has 1 amide bonds. The van der Waals surface area contributed by atoms with Crippen LogP contribution in [-0.4, -0.2) is 35.4 Å². The van der Waals surface area contributed by atoms with Crippen molar-refractivity contribution in [2.45, 2.75) is 43.4 Å². The standard InChI is InChI=1S/C21H22ClN3O5S/c1-13(2)31(27,28)17-11-5-14(6-12-17)18-24-25-20(29-18)23-19(26)21(3,4)30-16-9-7-15(22)8-10-16/h5-13H,1-4H3,(H,23,25,26). The van der Waals surface area contributed by atoms with Gasteiger partial charge in [0.2, 0.25) is 5.89 Å². The molecule has 0 saturated carbocycles. The van der Waals surface area contributed by atoms with Gasteiger partial charge in [0.1, 0.15) is 5.75 Å². The van der Waals surface area contributed by atoms with Crippen molar-refractivity contribution in [3.8, 4) is 17.2 Å². The van der Waals surface area contributed by atoms with Gasteiger partial charge in [-0.2, -0.15) is 0 Å². The Morgan fingerprint density at radius 3 is 2.26 bits per heavy atom. The molecule has 0 aliphatic rings. The van der Waals surface area contributed by atoms with Crippen LogP contribution in [0.4, 0.5) is 6.01 Å². The molecule has 0 aliphatic heterocycles. The van der Waals surface area contributed by atoms with Crippen molar-refractivity contribution in [3.63, 3.8) is 0 Å². The average Bonchev–Trinajstić information content (AvgIpc) is 3.18. The first-order chi connectivity index (χ1) is 14.5. The molecule has 1 aromatic heterocycles. The number of rotatable bonds is 7. The molecule has 0 spiro atoms. The Hall–Kier alpha value is -2.91. The fourth-order valence-corrected chi connectivity index (χ4v) is 3.73. The second-order valence-electron chi connectivity index (χ2n) is 7.55. The topological polar surface area (TPSA) is 111 Å². The highest BCUT2D eigenvalue weighted by Crippen LogP contribution is 2.25. The highest BCUT2D eigenvalue weighted by Gasteiger charge is 2.31. The number of amides is 1. The molecular weight excluding hydrogens is 442 g/mol. The van der Waals surface area contributed by atoms with Gasteiger partial charge in [0.15, 0.2) is 15.4 Å². The number of nitrogens with zero attached hydrogens (tertiary/aromatic N) is 2. The number of halogens is 1. The molecule has 0 radical (unpaired) electrons. The number of hydrogen-bond acceptors (Lipinski definition) is 7. The summed E-state index contributed by atoms with van der Waals surface area (Å²) in [7, 11) is -3.38. The van der Waals surface area contributed by atoms with E-state index in [-0.39, 0.29) is 16.8 Å². The van der Waals surface area contributed by atoms with Gasteiger partial charge in [0, 0.05) is 10.6 Å². The number of aromatic nitrogens is 2. The summed E-state index contributed by atoms with van der Waals surface area (Å²) in [5.74, 6) is 0.128. The molecule has 0 fully saturated rings. The summed E-state index contributed by atoms with van der Waals surface area (Å²) >= 11 is 5.86. The lowest BCUT2D eigenvalue weighted by Gasteiger charge is -2.24. The van der Waals surface area contributed by atoms with Crippen LogP contribution in [0.5, 0.6) is 5.75 Å². The molecule has 0 bridgehead atoms. The van der Waals surface area contributed by atoms with Gasteiger partial charge in [-0.15, -0.1) is 5.10 Å². The SMILES string of the molecule is CC(C)S(=O)(=O)c1ccc(-c2nnc(NC(=O)C(C)(C)Oc3ccc(Cl)cc3)o2)cc1. The molecule has 8 nitrogen and oxygen atoms in total. The first-order valence-electron chi connectivity index (χ1n) is 9.43. The Balaban J connectivity index is 1.70. The predicted molar refractivity (Wildman–Crippen MR) is 117 cm³/mol. The van der Waals surface area contributed by atoms with Crippen LogP contribution in [-0.2, 0) is 14.6 Å². The molecule has 31 heavy (non-hydrogen) atoms. The largest absolute Gasteiger partial charge is 0.478 e. The lowest BCUT2D eigenvalue weighted by molar-refractivity contribution is -0.128. The van der Waals surface area contributed by atoms with Crippen molar-refractivity contribution in [2.75, 3.05) is 5.32 Å². The quantitative estimate of drug-likeness (QED) is 0.553. The van der Waals surface area contributed by atoms with Crippen molar-refractivity contribution < 1.29 is 22.4 Å². The van der Waals surface area contributed by atoms with Gasteiger partial charge in [-0.1, -0.05) is 16.7 Å². The molecule has 0 saturated heterocycles. The van der Waals surface area contributed by atoms with E-state index in [1.165, 1.54) is 12.1 Å². The fraction of sp³-hybridized carbons (Fsp3) is 0.286. The van der Waals surface area contributed by atoms with Crippen molar-refractivity contribution in [3.05, 3.63) is 53.6 Å². The Kier molecular flexibility index (Phi) is 6.38. The number of anilines is 1. The molecule has 3 aromatic rings. The summed E-state index contributed by atoms with van der Waals surface area (Å²) in [4.78, 5) is 12.8. The highest BCUT2D eigenvalue weighted by atomic mass is 35.5. The molecule has 0 unspecified atom stereocenters. The summed E-state index contributed by atoms with van der Waals surface area (Å²) in [5.41, 5.74) is -0.706. The number of sulfone groups is 1. The Bertz CT molecular complexity index is 1170. The van der Waals surface area contributed by atoms with Crippen molar-refractivity contribution >= 4 is 33.4 Å². The van der Waals surface area contributed by atoms with Crippen LogP contribution in [0.25, 0.3) is 11.5 Å². The van der Waals surface area contributed by atoms with Gasteiger partial charge in [0.25, 0.3) is 5.91 Å². The Labute approximate surface area is 185 Å². The number of nitrogens with one attached hydrogen (secondary N) is 1.